The molecule has 1 fully saturated rings. The first kappa shape index (κ1) is 16.4. The van der Waals surface area contributed by atoms with Crippen molar-refractivity contribution in [2.24, 2.45) is 11.8 Å². The Morgan fingerprint density at radius 1 is 1.29 bits per heavy atom. The predicted octanol–water partition coefficient (Wildman–Crippen LogP) is 3.88. The van der Waals surface area contributed by atoms with E-state index in [1.54, 1.807) is 6.07 Å². The third-order valence-corrected chi connectivity index (χ3v) is 5.28. The van der Waals surface area contributed by atoms with Gasteiger partial charge in [0.15, 0.2) is 5.11 Å². The van der Waals surface area contributed by atoms with Gasteiger partial charge in [-0.3, -0.25) is 10.1 Å². The predicted molar refractivity (Wildman–Crippen MR) is 93.3 cm³/mol. The highest BCUT2D eigenvalue weighted by molar-refractivity contribution is 9.10. The lowest BCUT2D eigenvalue weighted by Gasteiger charge is -2.35. The molecule has 5 heteroatoms. The summed E-state index contributed by atoms with van der Waals surface area (Å²) in [5.74, 6) is 1.08. The van der Waals surface area contributed by atoms with E-state index in [-0.39, 0.29) is 5.91 Å². The van der Waals surface area contributed by atoms with Crippen molar-refractivity contribution in [3.8, 4) is 0 Å². The van der Waals surface area contributed by atoms with E-state index in [1.807, 2.05) is 18.2 Å². The number of hydrogen-bond donors (Lipinski definition) is 2. The fourth-order valence-electron chi connectivity index (χ4n) is 2.81. The second kappa shape index (κ2) is 7.36. The molecule has 21 heavy (non-hydrogen) atoms. The molecule has 2 N–H and O–H groups in total. The lowest BCUT2D eigenvalue weighted by molar-refractivity contribution is 0.0975. The summed E-state index contributed by atoms with van der Waals surface area (Å²) in [6.45, 7) is 4.53. The standard InChI is InChI=1S/C16H21BrN2OS/c1-10-6-5-9-14(11(10)2)18-16(21)19-15(20)12-7-3-4-8-13(12)17/h3-4,7-8,10-11,14H,5-6,9H2,1-2H3,(H2,18,19,20,21)/t10-,11-,14+/m0/s1. The molecule has 2 rings (SSSR count). The number of amides is 1. The number of carbonyl (C=O) groups excluding carboxylic acids is 1. The first-order valence-electron chi connectivity index (χ1n) is 7.35. The second-order valence-electron chi connectivity index (χ2n) is 5.78. The highest BCUT2D eigenvalue weighted by Gasteiger charge is 2.27. The average molecular weight is 369 g/mol. The summed E-state index contributed by atoms with van der Waals surface area (Å²) in [4.78, 5) is 12.2. The molecule has 0 spiro atoms. The summed E-state index contributed by atoms with van der Waals surface area (Å²) in [6, 6.07) is 7.67. The van der Waals surface area contributed by atoms with Crippen molar-refractivity contribution in [1.29, 1.82) is 0 Å². The third-order valence-electron chi connectivity index (χ3n) is 4.37. The number of benzene rings is 1. The summed E-state index contributed by atoms with van der Waals surface area (Å²) in [6.07, 6.45) is 3.59. The van der Waals surface area contributed by atoms with E-state index in [9.17, 15) is 4.79 Å². The normalized spacial score (nSPS) is 25.2. The van der Waals surface area contributed by atoms with Crippen molar-refractivity contribution >= 4 is 39.2 Å². The van der Waals surface area contributed by atoms with Crippen molar-refractivity contribution in [3.63, 3.8) is 0 Å². The maximum atomic E-state index is 12.2. The number of halogens is 1. The molecular formula is C16H21BrN2OS. The first-order valence-corrected chi connectivity index (χ1v) is 8.55. The Balaban J connectivity index is 1.93. The Hall–Kier alpha value is -0.940. The molecule has 3 nitrogen and oxygen atoms in total. The second-order valence-corrected chi connectivity index (χ2v) is 7.04. The molecule has 1 aliphatic rings. The molecule has 0 radical (unpaired) electrons. The van der Waals surface area contributed by atoms with Gasteiger partial charge in [0.05, 0.1) is 5.56 Å². The molecule has 1 amide bonds. The van der Waals surface area contributed by atoms with Crippen molar-refractivity contribution in [2.75, 3.05) is 0 Å². The minimum atomic E-state index is -0.184. The van der Waals surface area contributed by atoms with Crippen molar-refractivity contribution < 1.29 is 4.79 Å². The molecule has 0 saturated heterocycles. The van der Waals surface area contributed by atoms with Crippen LogP contribution in [0.5, 0.6) is 0 Å². The minimum Gasteiger partial charge on any atom is -0.359 e. The number of thiocarbonyl (C=S) groups is 1. The summed E-state index contributed by atoms with van der Waals surface area (Å²) >= 11 is 8.67. The summed E-state index contributed by atoms with van der Waals surface area (Å²) in [5.41, 5.74) is 0.590. The van der Waals surface area contributed by atoms with Crippen LogP contribution in [0.3, 0.4) is 0 Å². The third kappa shape index (κ3) is 4.27. The molecule has 0 aliphatic heterocycles. The maximum absolute atomic E-state index is 12.2. The Kier molecular flexibility index (Phi) is 5.76. The van der Waals surface area contributed by atoms with E-state index < -0.39 is 0 Å². The van der Waals surface area contributed by atoms with Crippen LogP contribution in [0.15, 0.2) is 28.7 Å². The van der Waals surface area contributed by atoms with E-state index in [4.69, 9.17) is 12.2 Å². The highest BCUT2D eigenvalue weighted by Crippen LogP contribution is 2.29. The van der Waals surface area contributed by atoms with Crippen LogP contribution in [0.2, 0.25) is 0 Å². The monoisotopic (exact) mass is 368 g/mol. The Labute approximate surface area is 140 Å². The van der Waals surface area contributed by atoms with Gasteiger partial charge in [-0.2, -0.15) is 0 Å². The first-order chi connectivity index (χ1) is 9.99. The van der Waals surface area contributed by atoms with Crippen LogP contribution in [-0.2, 0) is 0 Å². The zero-order chi connectivity index (χ0) is 15.4. The van der Waals surface area contributed by atoms with Gasteiger partial charge in [0, 0.05) is 10.5 Å². The molecule has 1 aliphatic carbocycles. The lowest BCUT2D eigenvalue weighted by atomic mass is 9.78. The average Bonchev–Trinajstić information content (AvgIpc) is 2.44. The molecule has 0 aromatic heterocycles. The van der Waals surface area contributed by atoms with Gasteiger partial charge >= 0.3 is 0 Å². The van der Waals surface area contributed by atoms with Gasteiger partial charge < -0.3 is 5.32 Å². The van der Waals surface area contributed by atoms with Crippen LogP contribution in [-0.4, -0.2) is 17.1 Å². The van der Waals surface area contributed by atoms with Crippen LogP contribution >= 0.6 is 28.1 Å². The number of rotatable bonds is 2. The maximum Gasteiger partial charge on any atom is 0.258 e. The zero-order valence-corrected chi connectivity index (χ0v) is 14.8. The summed E-state index contributed by atoms with van der Waals surface area (Å²) < 4.78 is 0.768. The number of carbonyl (C=O) groups is 1. The minimum absolute atomic E-state index is 0.184. The van der Waals surface area contributed by atoms with Crippen LogP contribution < -0.4 is 10.6 Å². The highest BCUT2D eigenvalue weighted by atomic mass is 79.9. The quantitative estimate of drug-likeness (QED) is 0.778. The van der Waals surface area contributed by atoms with Crippen LogP contribution in [0.25, 0.3) is 0 Å². The van der Waals surface area contributed by atoms with Gasteiger partial charge in [-0.1, -0.05) is 38.8 Å². The molecule has 3 atom stereocenters. The molecule has 0 bridgehead atoms. The van der Waals surface area contributed by atoms with Gasteiger partial charge in [-0.25, -0.2) is 0 Å². The van der Waals surface area contributed by atoms with Crippen LogP contribution in [0.4, 0.5) is 0 Å². The molecule has 0 unspecified atom stereocenters. The number of nitrogens with one attached hydrogen (secondary N) is 2. The molecule has 1 aromatic carbocycles. The molecule has 0 heterocycles. The van der Waals surface area contributed by atoms with Crippen LogP contribution in [0, 0.1) is 11.8 Å². The SMILES string of the molecule is C[C@H]1[C@@H](C)CCC[C@H]1NC(=S)NC(=O)c1ccccc1Br. The smallest absolute Gasteiger partial charge is 0.258 e. The molecular weight excluding hydrogens is 348 g/mol. The van der Waals surface area contributed by atoms with Gasteiger partial charge in [0.25, 0.3) is 5.91 Å². The fraction of sp³-hybridized carbons (Fsp3) is 0.500. The largest absolute Gasteiger partial charge is 0.359 e. The van der Waals surface area contributed by atoms with E-state index >= 15 is 0 Å². The number of hydrogen-bond acceptors (Lipinski definition) is 2. The Morgan fingerprint density at radius 3 is 2.71 bits per heavy atom. The molecule has 114 valence electrons. The lowest BCUT2D eigenvalue weighted by Crippen LogP contribution is -2.49. The van der Waals surface area contributed by atoms with Gasteiger partial charge in [-0.15, -0.1) is 0 Å². The zero-order valence-electron chi connectivity index (χ0n) is 12.4. The van der Waals surface area contributed by atoms with E-state index in [1.165, 1.54) is 12.8 Å². The van der Waals surface area contributed by atoms with Gasteiger partial charge in [0.1, 0.15) is 0 Å². The summed E-state index contributed by atoms with van der Waals surface area (Å²) in [7, 11) is 0. The van der Waals surface area contributed by atoms with Crippen molar-refractivity contribution in [3.05, 3.63) is 34.3 Å². The Bertz CT molecular complexity index is 535. The Morgan fingerprint density at radius 2 is 2.00 bits per heavy atom. The van der Waals surface area contributed by atoms with Gasteiger partial charge in [0.2, 0.25) is 0 Å². The van der Waals surface area contributed by atoms with Gasteiger partial charge in [-0.05, 0) is 58.5 Å². The van der Waals surface area contributed by atoms with Crippen LogP contribution in [0.1, 0.15) is 43.5 Å². The molecule has 1 saturated carbocycles. The fourth-order valence-corrected chi connectivity index (χ4v) is 3.51. The molecule has 1 aromatic rings. The summed E-state index contributed by atoms with van der Waals surface area (Å²) in [5, 5.41) is 6.49. The van der Waals surface area contributed by atoms with E-state index in [0.29, 0.717) is 28.6 Å². The van der Waals surface area contributed by atoms with E-state index in [0.717, 1.165) is 10.9 Å². The van der Waals surface area contributed by atoms with Crippen molar-refractivity contribution in [2.45, 2.75) is 39.2 Å². The van der Waals surface area contributed by atoms with E-state index in [2.05, 4.69) is 40.4 Å². The van der Waals surface area contributed by atoms with Crippen molar-refractivity contribution in [1.82, 2.24) is 10.6 Å². The topological polar surface area (TPSA) is 41.1 Å².